The molecule has 2 aromatic rings. The van der Waals surface area contributed by atoms with Gasteiger partial charge in [-0.2, -0.15) is 0 Å². The minimum atomic E-state index is -3.02. The SMILES string of the molecule is Cc1cccc(OP(=S)(OCCCl)Oc2cccc(C)c2C)c1C. The zero-order chi connectivity index (χ0) is 17.7. The molecule has 0 heterocycles. The van der Waals surface area contributed by atoms with Crippen LogP contribution in [0.4, 0.5) is 0 Å². The third-order valence-electron chi connectivity index (χ3n) is 3.86. The van der Waals surface area contributed by atoms with Crippen molar-refractivity contribution < 1.29 is 13.6 Å². The molecule has 0 aliphatic carbocycles. The zero-order valence-corrected chi connectivity index (χ0v) is 16.8. The summed E-state index contributed by atoms with van der Waals surface area (Å²) < 4.78 is 17.8. The maximum atomic E-state index is 6.04. The molecule has 0 spiro atoms. The Morgan fingerprint density at radius 3 is 1.75 bits per heavy atom. The summed E-state index contributed by atoms with van der Waals surface area (Å²) in [5.74, 6) is 1.68. The van der Waals surface area contributed by atoms with Crippen molar-refractivity contribution in [3.8, 4) is 11.5 Å². The molecule has 0 fully saturated rings. The molecule has 0 N–H and O–H groups in total. The minimum absolute atomic E-state index is 0.272. The maximum absolute atomic E-state index is 6.04. The summed E-state index contributed by atoms with van der Waals surface area (Å²) in [7, 11) is 0. The molecule has 0 unspecified atom stereocenters. The van der Waals surface area contributed by atoms with E-state index in [2.05, 4.69) is 0 Å². The molecule has 0 amide bonds. The van der Waals surface area contributed by atoms with Gasteiger partial charge in [-0.3, -0.25) is 4.52 Å². The lowest BCUT2D eigenvalue weighted by atomic mass is 10.1. The number of hydrogen-bond donors (Lipinski definition) is 0. The van der Waals surface area contributed by atoms with Crippen molar-refractivity contribution >= 4 is 30.1 Å². The molecule has 0 aliphatic heterocycles. The van der Waals surface area contributed by atoms with Crippen LogP contribution in [0.3, 0.4) is 0 Å². The van der Waals surface area contributed by atoms with E-state index in [1.165, 1.54) is 0 Å². The second kappa shape index (κ2) is 8.35. The van der Waals surface area contributed by atoms with Gasteiger partial charge in [0, 0.05) is 17.7 Å². The first kappa shape index (κ1) is 19.3. The summed E-state index contributed by atoms with van der Waals surface area (Å²) in [6.07, 6.45) is 0. The van der Waals surface area contributed by atoms with E-state index in [0.29, 0.717) is 17.4 Å². The number of hydrogen-bond acceptors (Lipinski definition) is 4. The molecule has 6 heteroatoms. The van der Waals surface area contributed by atoms with Crippen LogP contribution in [0.15, 0.2) is 36.4 Å². The van der Waals surface area contributed by atoms with Crippen LogP contribution >= 0.6 is 18.3 Å². The fraction of sp³-hybridized carbons (Fsp3) is 0.333. The molecule has 130 valence electrons. The molecule has 2 aromatic carbocycles. The Balaban J connectivity index is 2.33. The number of aryl methyl sites for hydroxylation is 2. The minimum Gasteiger partial charge on any atom is -0.415 e. The van der Waals surface area contributed by atoms with Crippen molar-refractivity contribution in [2.24, 2.45) is 0 Å². The van der Waals surface area contributed by atoms with Crippen LogP contribution in [0.2, 0.25) is 0 Å². The van der Waals surface area contributed by atoms with Crippen LogP contribution in [-0.2, 0) is 16.3 Å². The Hall–Kier alpha value is -1.06. The lowest BCUT2D eigenvalue weighted by molar-refractivity contribution is 0.277. The van der Waals surface area contributed by atoms with E-state index in [0.717, 1.165) is 22.3 Å². The van der Waals surface area contributed by atoms with E-state index in [1.807, 2.05) is 64.1 Å². The Bertz CT molecular complexity index is 706. The Labute approximate surface area is 154 Å². The van der Waals surface area contributed by atoms with E-state index in [1.54, 1.807) is 0 Å². The molecule has 2 rings (SSSR count). The van der Waals surface area contributed by atoms with Crippen LogP contribution < -0.4 is 9.05 Å². The third kappa shape index (κ3) is 4.73. The van der Waals surface area contributed by atoms with Gasteiger partial charge in [-0.15, -0.1) is 11.6 Å². The number of alkyl halides is 1. The molecule has 0 aromatic heterocycles. The first-order valence-electron chi connectivity index (χ1n) is 7.68. The van der Waals surface area contributed by atoms with Crippen LogP contribution in [-0.4, -0.2) is 12.5 Å². The highest BCUT2D eigenvalue weighted by molar-refractivity contribution is 8.07. The van der Waals surface area contributed by atoms with E-state index >= 15 is 0 Å². The van der Waals surface area contributed by atoms with Crippen molar-refractivity contribution in [1.29, 1.82) is 0 Å². The van der Waals surface area contributed by atoms with Gasteiger partial charge in [-0.1, -0.05) is 24.3 Å². The van der Waals surface area contributed by atoms with E-state index in [-0.39, 0.29) is 6.61 Å². The van der Waals surface area contributed by atoms with Crippen LogP contribution in [0, 0.1) is 27.7 Å². The van der Waals surface area contributed by atoms with Crippen LogP contribution in [0.5, 0.6) is 11.5 Å². The van der Waals surface area contributed by atoms with Gasteiger partial charge < -0.3 is 9.05 Å². The Morgan fingerprint density at radius 1 is 0.875 bits per heavy atom. The van der Waals surface area contributed by atoms with E-state index < -0.39 is 6.72 Å². The molecular weight excluding hydrogens is 363 g/mol. The predicted octanol–water partition coefficient (Wildman–Crippen LogP) is 5.86. The highest BCUT2D eigenvalue weighted by Crippen LogP contribution is 2.51. The quantitative estimate of drug-likeness (QED) is 0.441. The molecule has 3 nitrogen and oxygen atoms in total. The van der Waals surface area contributed by atoms with E-state index in [4.69, 9.17) is 37.0 Å². The molecule has 0 saturated heterocycles. The molecule has 0 atom stereocenters. The van der Waals surface area contributed by atoms with Crippen molar-refractivity contribution in [2.45, 2.75) is 27.7 Å². The van der Waals surface area contributed by atoms with Crippen molar-refractivity contribution in [1.82, 2.24) is 0 Å². The molecule has 0 aliphatic rings. The first-order chi connectivity index (χ1) is 11.4. The topological polar surface area (TPSA) is 27.7 Å². The number of halogens is 1. The van der Waals surface area contributed by atoms with Crippen LogP contribution in [0.1, 0.15) is 22.3 Å². The number of benzene rings is 2. The van der Waals surface area contributed by atoms with Crippen molar-refractivity contribution in [3.05, 3.63) is 58.7 Å². The number of rotatable bonds is 7. The zero-order valence-electron chi connectivity index (χ0n) is 14.3. The summed E-state index contributed by atoms with van der Waals surface area (Å²) >= 11 is 11.4. The summed E-state index contributed by atoms with van der Waals surface area (Å²) in [5, 5.41) is 0. The summed E-state index contributed by atoms with van der Waals surface area (Å²) in [5.41, 5.74) is 4.28. The van der Waals surface area contributed by atoms with Gasteiger partial charge in [0.2, 0.25) is 0 Å². The predicted molar refractivity (Wildman–Crippen MR) is 104 cm³/mol. The second-order valence-electron chi connectivity index (χ2n) is 5.55. The van der Waals surface area contributed by atoms with Crippen molar-refractivity contribution in [3.63, 3.8) is 0 Å². The molecule has 0 radical (unpaired) electrons. The molecular formula is C18H22ClO3PS. The fourth-order valence-electron chi connectivity index (χ4n) is 2.10. The molecule has 0 bridgehead atoms. The van der Waals surface area contributed by atoms with Crippen molar-refractivity contribution in [2.75, 3.05) is 12.5 Å². The first-order valence-corrected chi connectivity index (χ1v) is 10.8. The maximum Gasteiger partial charge on any atom is 0.435 e. The standard InChI is InChI=1S/C18H22ClO3PS/c1-13-7-5-9-17(15(13)3)21-23(24,20-12-11-19)22-18-10-6-8-14(2)16(18)4/h5-10H,11-12H2,1-4H3. The fourth-order valence-corrected chi connectivity index (χ4v) is 4.33. The largest absolute Gasteiger partial charge is 0.435 e. The van der Waals surface area contributed by atoms with Gasteiger partial charge in [0.25, 0.3) is 0 Å². The Kier molecular flexibility index (Phi) is 6.70. The van der Waals surface area contributed by atoms with Gasteiger partial charge in [-0.05, 0) is 62.1 Å². The smallest absolute Gasteiger partial charge is 0.415 e. The van der Waals surface area contributed by atoms with Crippen LogP contribution in [0.25, 0.3) is 0 Å². The monoisotopic (exact) mass is 384 g/mol. The normalized spacial score (nSPS) is 11.4. The van der Waals surface area contributed by atoms with Gasteiger partial charge in [0.15, 0.2) is 0 Å². The summed E-state index contributed by atoms with van der Waals surface area (Å²) in [6.45, 7) is 5.28. The van der Waals surface area contributed by atoms with Gasteiger partial charge in [0.05, 0.1) is 6.61 Å². The molecule has 24 heavy (non-hydrogen) atoms. The van der Waals surface area contributed by atoms with Gasteiger partial charge >= 0.3 is 6.72 Å². The highest BCUT2D eigenvalue weighted by atomic mass is 35.5. The average Bonchev–Trinajstić information content (AvgIpc) is 2.54. The van der Waals surface area contributed by atoms with E-state index in [9.17, 15) is 0 Å². The molecule has 0 saturated carbocycles. The second-order valence-corrected chi connectivity index (χ2v) is 8.79. The Morgan fingerprint density at radius 2 is 1.33 bits per heavy atom. The lowest BCUT2D eigenvalue weighted by Gasteiger charge is -2.24. The highest BCUT2D eigenvalue weighted by Gasteiger charge is 2.26. The van der Waals surface area contributed by atoms with Gasteiger partial charge in [-0.25, -0.2) is 0 Å². The summed E-state index contributed by atoms with van der Waals surface area (Å²) in [6, 6.07) is 11.7. The van der Waals surface area contributed by atoms with Gasteiger partial charge in [0.1, 0.15) is 11.5 Å². The third-order valence-corrected chi connectivity index (χ3v) is 6.11. The lowest BCUT2D eigenvalue weighted by Crippen LogP contribution is -2.08. The average molecular weight is 385 g/mol. The summed E-state index contributed by atoms with van der Waals surface area (Å²) in [4.78, 5) is 0.